The number of carbonyl (C=O) groups excluding carboxylic acids is 1. The second kappa shape index (κ2) is 5.96. The molecule has 0 aliphatic rings. The van der Waals surface area contributed by atoms with Crippen molar-refractivity contribution in [2.45, 2.75) is 19.4 Å². The molecule has 88 valence electrons. The topological polar surface area (TPSA) is 55.1 Å². The molecular formula is C11H14BrFN2O. The molecule has 0 aliphatic carbocycles. The number of hydrogen-bond donors (Lipinski definition) is 2. The fourth-order valence-electron chi connectivity index (χ4n) is 1.39. The van der Waals surface area contributed by atoms with Gasteiger partial charge in [0.05, 0.1) is 0 Å². The Morgan fingerprint density at radius 2 is 2.31 bits per heavy atom. The van der Waals surface area contributed by atoms with Gasteiger partial charge in [-0.05, 0) is 31.2 Å². The molecule has 1 amide bonds. The highest BCUT2D eigenvalue weighted by Crippen LogP contribution is 2.21. The molecule has 3 N–H and O–H groups in total. The Kier molecular flexibility index (Phi) is 4.89. The summed E-state index contributed by atoms with van der Waals surface area (Å²) in [4.78, 5) is 11.2. The van der Waals surface area contributed by atoms with Crippen molar-refractivity contribution >= 4 is 21.8 Å². The van der Waals surface area contributed by atoms with Crippen molar-refractivity contribution in [2.24, 2.45) is 5.73 Å². The van der Waals surface area contributed by atoms with Gasteiger partial charge in [0.15, 0.2) is 0 Å². The summed E-state index contributed by atoms with van der Waals surface area (Å²) in [6.45, 7) is 2.57. The van der Waals surface area contributed by atoms with Crippen molar-refractivity contribution in [2.75, 3.05) is 6.54 Å². The highest BCUT2D eigenvalue weighted by atomic mass is 79.9. The number of nitrogens with one attached hydrogen (secondary N) is 1. The molecular weight excluding hydrogens is 275 g/mol. The highest BCUT2D eigenvalue weighted by molar-refractivity contribution is 9.10. The molecule has 0 spiro atoms. The lowest BCUT2D eigenvalue weighted by Gasteiger charge is -2.16. The van der Waals surface area contributed by atoms with Gasteiger partial charge in [-0.15, -0.1) is 0 Å². The van der Waals surface area contributed by atoms with Crippen molar-refractivity contribution in [1.82, 2.24) is 5.32 Å². The van der Waals surface area contributed by atoms with Gasteiger partial charge in [-0.1, -0.05) is 22.9 Å². The van der Waals surface area contributed by atoms with E-state index >= 15 is 0 Å². The van der Waals surface area contributed by atoms with E-state index in [2.05, 4.69) is 21.2 Å². The number of carbonyl (C=O) groups is 1. The molecule has 1 aromatic carbocycles. The summed E-state index contributed by atoms with van der Waals surface area (Å²) >= 11 is 3.24. The average molecular weight is 289 g/mol. The first-order chi connectivity index (χ1) is 7.56. The third-order valence-electron chi connectivity index (χ3n) is 2.15. The van der Waals surface area contributed by atoms with Crippen LogP contribution in [0, 0.1) is 5.82 Å². The van der Waals surface area contributed by atoms with Crippen molar-refractivity contribution in [1.29, 1.82) is 0 Å². The maximum Gasteiger partial charge on any atom is 0.239 e. The van der Waals surface area contributed by atoms with Gasteiger partial charge in [-0.25, -0.2) is 4.39 Å². The Balaban J connectivity index is 3.00. The average Bonchev–Trinajstić information content (AvgIpc) is 2.23. The number of rotatable bonds is 5. The quantitative estimate of drug-likeness (QED) is 0.872. The Bertz CT molecular complexity index is 384. The van der Waals surface area contributed by atoms with E-state index in [1.807, 2.05) is 6.92 Å². The van der Waals surface area contributed by atoms with E-state index in [0.717, 1.165) is 6.42 Å². The molecule has 0 fully saturated rings. The molecule has 0 saturated carbocycles. The summed E-state index contributed by atoms with van der Waals surface area (Å²) in [5.41, 5.74) is 5.52. The van der Waals surface area contributed by atoms with Gasteiger partial charge in [0, 0.05) is 10.0 Å². The van der Waals surface area contributed by atoms with Crippen LogP contribution in [0.5, 0.6) is 0 Å². The second-order valence-electron chi connectivity index (χ2n) is 3.46. The number of amides is 1. The summed E-state index contributed by atoms with van der Waals surface area (Å²) in [7, 11) is 0. The molecule has 1 unspecified atom stereocenters. The van der Waals surface area contributed by atoms with Gasteiger partial charge >= 0.3 is 0 Å². The van der Waals surface area contributed by atoms with Crippen LogP contribution in [0.25, 0.3) is 0 Å². The molecule has 0 saturated heterocycles. The van der Waals surface area contributed by atoms with Crippen molar-refractivity contribution < 1.29 is 9.18 Å². The molecule has 5 heteroatoms. The minimum atomic E-state index is -0.780. The van der Waals surface area contributed by atoms with Gasteiger partial charge in [0.25, 0.3) is 0 Å². The van der Waals surface area contributed by atoms with E-state index in [1.54, 1.807) is 12.1 Å². The van der Waals surface area contributed by atoms with Crippen LogP contribution in [0.1, 0.15) is 24.9 Å². The zero-order chi connectivity index (χ0) is 12.1. The monoisotopic (exact) mass is 288 g/mol. The lowest BCUT2D eigenvalue weighted by Crippen LogP contribution is -2.34. The highest BCUT2D eigenvalue weighted by Gasteiger charge is 2.20. The summed E-state index contributed by atoms with van der Waals surface area (Å²) in [5.74, 6) is -1.01. The van der Waals surface area contributed by atoms with Gasteiger partial charge < -0.3 is 11.1 Å². The first kappa shape index (κ1) is 13.1. The van der Waals surface area contributed by atoms with Crippen LogP contribution in [0.2, 0.25) is 0 Å². The molecule has 0 radical (unpaired) electrons. The number of hydrogen-bond acceptors (Lipinski definition) is 2. The van der Waals surface area contributed by atoms with Crippen LogP contribution in [-0.2, 0) is 4.79 Å². The van der Waals surface area contributed by atoms with Crippen molar-refractivity contribution in [3.8, 4) is 0 Å². The van der Waals surface area contributed by atoms with E-state index in [9.17, 15) is 9.18 Å². The standard InChI is InChI=1S/C11H14BrFN2O/c1-2-5-15-10(11(14)16)8-6-7(12)3-4-9(8)13/h3-4,6,10,15H,2,5H2,1H3,(H2,14,16). The number of halogens is 2. The van der Waals surface area contributed by atoms with Crippen LogP contribution >= 0.6 is 15.9 Å². The largest absolute Gasteiger partial charge is 0.368 e. The Hall–Kier alpha value is -0.940. The van der Waals surface area contributed by atoms with E-state index in [-0.39, 0.29) is 5.56 Å². The lowest BCUT2D eigenvalue weighted by atomic mass is 10.1. The fourth-order valence-corrected chi connectivity index (χ4v) is 1.77. The van der Waals surface area contributed by atoms with Crippen LogP contribution < -0.4 is 11.1 Å². The predicted octanol–water partition coefficient (Wildman–Crippen LogP) is 2.11. The van der Waals surface area contributed by atoms with E-state index in [1.165, 1.54) is 6.07 Å². The summed E-state index contributed by atoms with van der Waals surface area (Å²) in [5, 5.41) is 2.92. The first-order valence-corrected chi connectivity index (χ1v) is 5.83. The summed E-state index contributed by atoms with van der Waals surface area (Å²) < 4.78 is 14.3. The molecule has 16 heavy (non-hydrogen) atoms. The number of primary amides is 1. The Labute approximate surface area is 102 Å². The first-order valence-electron chi connectivity index (χ1n) is 5.04. The minimum absolute atomic E-state index is 0.273. The zero-order valence-corrected chi connectivity index (χ0v) is 10.6. The molecule has 0 aromatic heterocycles. The van der Waals surface area contributed by atoms with E-state index in [0.29, 0.717) is 11.0 Å². The van der Waals surface area contributed by atoms with E-state index < -0.39 is 17.8 Å². The number of benzene rings is 1. The fraction of sp³-hybridized carbons (Fsp3) is 0.364. The Morgan fingerprint density at radius 1 is 1.62 bits per heavy atom. The molecule has 3 nitrogen and oxygen atoms in total. The maximum absolute atomic E-state index is 13.5. The zero-order valence-electron chi connectivity index (χ0n) is 8.97. The third kappa shape index (κ3) is 3.28. The van der Waals surface area contributed by atoms with Crippen molar-refractivity contribution in [3.63, 3.8) is 0 Å². The molecule has 1 rings (SSSR count). The van der Waals surface area contributed by atoms with Gasteiger partial charge in [0.2, 0.25) is 5.91 Å². The summed E-state index contributed by atoms with van der Waals surface area (Å²) in [6, 6.07) is 3.67. The van der Waals surface area contributed by atoms with Gasteiger partial charge in [-0.3, -0.25) is 4.79 Å². The van der Waals surface area contributed by atoms with E-state index in [4.69, 9.17) is 5.73 Å². The predicted molar refractivity (Wildman–Crippen MR) is 64.3 cm³/mol. The maximum atomic E-state index is 13.5. The molecule has 1 aromatic rings. The second-order valence-corrected chi connectivity index (χ2v) is 4.37. The lowest BCUT2D eigenvalue weighted by molar-refractivity contribution is -0.120. The summed E-state index contributed by atoms with van der Waals surface area (Å²) in [6.07, 6.45) is 0.847. The molecule has 0 heterocycles. The number of nitrogens with two attached hydrogens (primary N) is 1. The molecule has 1 atom stereocenters. The minimum Gasteiger partial charge on any atom is -0.368 e. The van der Waals surface area contributed by atoms with Gasteiger partial charge in [-0.2, -0.15) is 0 Å². The van der Waals surface area contributed by atoms with Gasteiger partial charge in [0.1, 0.15) is 11.9 Å². The van der Waals surface area contributed by atoms with Crippen LogP contribution in [-0.4, -0.2) is 12.5 Å². The Morgan fingerprint density at radius 3 is 2.88 bits per heavy atom. The molecule has 0 bridgehead atoms. The third-order valence-corrected chi connectivity index (χ3v) is 2.65. The molecule has 0 aliphatic heterocycles. The van der Waals surface area contributed by atoms with Crippen LogP contribution in [0.4, 0.5) is 4.39 Å². The van der Waals surface area contributed by atoms with Crippen LogP contribution in [0.15, 0.2) is 22.7 Å². The van der Waals surface area contributed by atoms with Crippen LogP contribution in [0.3, 0.4) is 0 Å². The van der Waals surface area contributed by atoms with Crippen molar-refractivity contribution in [3.05, 3.63) is 34.1 Å². The normalized spacial score (nSPS) is 12.4. The SMILES string of the molecule is CCCNC(C(N)=O)c1cc(Br)ccc1F. The smallest absolute Gasteiger partial charge is 0.239 e.